The molecule has 1 amide bonds. The van der Waals surface area contributed by atoms with Gasteiger partial charge in [-0.25, -0.2) is 0 Å². The zero-order valence-corrected chi connectivity index (χ0v) is 6.26. The Morgan fingerprint density at radius 3 is 2.45 bits per heavy atom. The minimum atomic E-state index is -2.97. The van der Waals surface area contributed by atoms with Gasteiger partial charge in [0.2, 0.25) is 0 Å². The van der Waals surface area contributed by atoms with Crippen molar-refractivity contribution >= 4 is 5.91 Å². The van der Waals surface area contributed by atoms with E-state index < -0.39 is 12.3 Å². The summed E-state index contributed by atoms with van der Waals surface area (Å²) in [6.07, 6.45) is -2.97. The fourth-order valence-corrected chi connectivity index (χ4v) is 0.683. The summed E-state index contributed by atoms with van der Waals surface area (Å²) in [6, 6.07) is 0. The summed E-state index contributed by atoms with van der Waals surface area (Å²) in [5.74, 6) is -1.22. The minimum absolute atomic E-state index is 0.0281. The fourth-order valence-electron chi connectivity index (χ4n) is 0.683. The molecule has 66 valence electrons. The smallest absolute Gasteiger partial charge is 0.315 e. The lowest BCUT2D eigenvalue weighted by molar-refractivity contribution is -0.143. The van der Waals surface area contributed by atoms with Gasteiger partial charge < -0.3 is 10.0 Å². The first-order valence-electron chi connectivity index (χ1n) is 3.31. The second kappa shape index (κ2) is 5.01. The van der Waals surface area contributed by atoms with Gasteiger partial charge in [-0.2, -0.15) is 8.78 Å². The maximum Gasteiger partial charge on any atom is 0.315 e. The van der Waals surface area contributed by atoms with Gasteiger partial charge in [0.1, 0.15) is 0 Å². The number of rotatable bonds is 4. The van der Waals surface area contributed by atoms with Crippen LogP contribution in [0.25, 0.3) is 0 Å². The Bertz CT molecular complexity index is 130. The molecule has 0 heterocycles. The molecule has 11 heavy (non-hydrogen) atoms. The predicted molar refractivity (Wildman–Crippen MR) is 35.3 cm³/mol. The van der Waals surface area contributed by atoms with Crippen molar-refractivity contribution in [2.24, 2.45) is 0 Å². The largest absolute Gasteiger partial charge is 0.395 e. The molecule has 5 heteroatoms. The Labute approximate surface area is 63.6 Å². The maximum absolute atomic E-state index is 11.7. The molecule has 0 unspecified atom stereocenters. The molecule has 0 saturated heterocycles. The molecule has 0 spiro atoms. The summed E-state index contributed by atoms with van der Waals surface area (Å²) in [5, 5.41) is 8.36. The van der Waals surface area contributed by atoms with Crippen LogP contribution in [0.4, 0.5) is 8.78 Å². The molecule has 0 aromatic carbocycles. The topological polar surface area (TPSA) is 40.5 Å². The van der Waals surface area contributed by atoms with Crippen LogP contribution in [0.1, 0.15) is 6.92 Å². The molecule has 1 N–H and O–H groups in total. The van der Waals surface area contributed by atoms with E-state index in [0.29, 0.717) is 0 Å². The summed E-state index contributed by atoms with van der Waals surface area (Å²) in [6.45, 7) is 1.46. The van der Waals surface area contributed by atoms with Gasteiger partial charge in [-0.15, -0.1) is 0 Å². The van der Waals surface area contributed by atoms with Crippen molar-refractivity contribution in [3.05, 3.63) is 0 Å². The van der Waals surface area contributed by atoms with E-state index in [1.807, 2.05) is 0 Å². The van der Waals surface area contributed by atoms with Crippen LogP contribution in [0.2, 0.25) is 0 Å². The number of hydrogen-bond acceptors (Lipinski definition) is 2. The third-order valence-corrected chi connectivity index (χ3v) is 1.25. The van der Waals surface area contributed by atoms with E-state index in [-0.39, 0.29) is 19.7 Å². The van der Waals surface area contributed by atoms with E-state index in [1.165, 1.54) is 0 Å². The number of carbonyl (C=O) groups excluding carboxylic acids is 1. The lowest BCUT2D eigenvalue weighted by Crippen LogP contribution is -2.37. The Morgan fingerprint density at radius 2 is 2.18 bits per heavy atom. The molecule has 0 fully saturated rings. The zero-order chi connectivity index (χ0) is 8.85. The lowest BCUT2D eigenvalue weighted by Gasteiger charge is -2.18. The number of carbonyl (C=O) groups is 1. The summed E-state index contributed by atoms with van der Waals surface area (Å²) in [7, 11) is 0. The molecule has 0 aromatic heterocycles. The van der Waals surface area contributed by atoms with Crippen molar-refractivity contribution in [3.8, 4) is 0 Å². The molecular formula is C6H11F2NO2. The molecular weight excluding hydrogens is 156 g/mol. The van der Waals surface area contributed by atoms with Gasteiger partial charge in [0.05, 0.1) is 6.61 Å². The second-order valence-corrected chi connectivity index (χ2v) is 1.94. The summed E-state index contributed by atoms with van der Waals surface area (Å²) in [4.78, 5) is 11.4. The second-order valence-electron chi connectivity index (χ2n) is 1.94. The van der Waals surface area contributed by atoms with E-state index in [2.05, 4.69) is 0 Å². The molecule has 0 aliphatic carbocycles. The molecule has 0 aromatic rings. The van der Waals surface area contributed by atoms with E-state index in [1.54, 1.807) is 6.92 Å². The highest BCUT2D eigenvalue weighted by atomic mass is 19.3. The average Bonchev–Trinajstić information content (AvgIpc) is 1.98. The number of aliphatic hydroxyl groups is 1. The number of aliphatic hydroxyl groups excluding tert-OH is 1. The molecule has 0 aliphatic rings. The van der Waals surface area contributed by atoms with Gasteiger partial charge in [-0.3, -0.25) is 4.79 Å². The van der Waals surface area contributed by atoms with Crippen molar-refractivity contribution in [2.75, 3.05) is 19.7 Å². The van der Waals surface area contributed by atoms with E-state index in [0.717, 1.165) is 4.90 Å². The first-order valence-corrected chi connectivity index (χ1v) is 3.31. The van der Waals surface area contributed by atoms with Crippen LogP contribution in [-0.2, 0) is 4.79 Å². The summed E-state index contributed by atoms with van der Waals surface area (Å²) >= 11 is 0. The molecule has 0 aliphatic heterocycles. The van der Waals surface area contributed by atoms with Gasteiger partial charge in [0, 0.05) is 13.1 Å². The van der Waals surface area contributed by atoms with Gasteiger partial charge in [-0.05, 0) is 6.92 Å². The highest BCUT2D eigenvalue weighted by Crippen LogP contribution is 1.99. The molecule has 0 bridgehead atoms. The lowest BCUT2D eigenvalue weighted by atomic mass is 10.4. The highest BCUT2D eigenvalue weighted by molar-refractivity contribution is 5.79. The first-order chi connectivity index (χ1) is 5.13. The van der Waals surface area contributed by atoms with Crippen LogP contribution in [-0.4, -0.2) is 42.0 Å². The van der Waals surface area contributed by atoms with Crippen molar-refractivity contribution in [3.63, 3.8) is 0 Å². The quantitative estimate of drug-likeness (QED) is 0.644. The Hall–Kier alpha value is -0.710. The first kappa shape index (κ1) is 10.3. The van der Waals surface area contributed by atoms with Crippen LogP contribution in [0.15, 0.2) is 0 Å². The standard InChI is InChI=1S/C6H11F2NO2/c1-2-9(3-4-10)6(11)5(7)8/h5,10H,2-4H2,1H3. The number of amides is 1. The number of likely N-dealkylation sites (N-methyl/N-ethyl adjacent to an activating group) is 1. The predicted octanol–water partition coefficient (Wildman–Crippen LogP) is 0.0923. The normalized spacial score (nSPS) is 10.3. The third kappa shape index (κ3) is 3.27. The van der Waals surface area contributed by atoms with Crippen LogP contribution in [0.5, 0.6) is 0 Å². The molecule has 0 atom stereocenters. The maximum atomic E-state index is 11.7. The Kier molecular flexibility index (Phi) is 4.69. The molecule has 3 nitrogen and oxygen atoms in total. The summed E-state index contributed by atoms with van der Waals surface area (Å²) < 4.78 is 23.4. The van der Waals surface area contributed by atoms with Gasteiger partial charge in [0.15, 0.2) is 0 Å². The van der Waals surface area contributed by atoms with Gasteiger partial charge in [0.25, 0.3) is 5.91 Å². The van der Waals surface area contributed by atoms with E-state index in [4.69, 9.17) is 5.11 Å². The van der Waals surface area contributed by atoms with Crippen molar-refractivity contribution in [1.29, 1.82) is 0 Å². The number of alkyl halides is 2. The number of hydrogen-bond donors (Lipinski definition) is 1. The van der Waals surface area contributed by atoms with Crippen LogP contribution >= 0.6 is 0 Å². The molecule has 0 rings (SSSR count). The number of halogens is 2. The van der Waals surface area contributed by atoms with Crippen LogP contribution < -0.4 is 0 Å². The van der Waals surface area contributed by atoms with Crippen molar-refractivity contribution < 1.29 is 18.7 Å². The Balaban J connectivity index is 3.92. The molecule has 0 saturated carbocycles. The average molecular weight is 167 g/mol. The zero-order valence-electron chi connectivity index (χ0n) is 6.26. The van der Waals surface area contributed by atoms with Gasteiger partial charge in [-0.1, -0.05) is 0 Å². The van der Waals surface area contributed by atoms with Gasteiger partial charge >= 0.3 is 6.43 Å². The summed E-state index contributed by atoms with van der Waals surface area (Å²) in [5.41, 5.74) is 0. The molecule has 0 radical (unpaired) electrons. The number of nitrogens with zero attached hydrogens (tertiary/aromatic N) is 1. The van der Waals surface area contributed by atoms with Crippen molar-refractivity contribution in [2.45, 2.75) is 13.3 Å². The SMILES string of the molecule is CCN(CCO)C(=O)C(F)F. The fraction of sp³-hybridized carbons (Fsp3) is 0.833. The minimum Gasteiger partial charge on any atom is -0.395 e. The van der Waals surface area contributed by atoms with E-state index >= 15 is 0 Å². The monoisotopic (exact) mass is 167 g/mol. The van der Waals surface area contributed by atoms with E-state index in [9.17, 15) is 13.6 Å². The van der Waals surface area contributed by atoms with Crippen LogP contribution in [0, 0.1) is 0 Å². The Morgan fingerprint density at radius 1 is 1.64 bits per heavy atom. The van der Waals surface area contributed by atoms with Crippen LogP contribution in [0.3, 0.4) is 0 Å². The third-order valence-electron chi connectivity index (χ3n) is 1.25. The highest BCUT2D eigenvalue weighted by Gasteiger charge is 2.20. The van der Waals surface area contributed by atoms with Crippen molar-refractivity contribution in [1.82, 2.24) is 4.90 Å².